The van der Waals surface area contributed by atoms with Crippen LogP contribution in [0, 0.1) is 6.92 Å². The van der Waals surface area contributed by atoms with Crippen molar-refractivity contribution in [2.45, 2.75) is 13.5 Å². The molecule has 0 fully saturated rings. The summed E-state index contributed by atoms with van der Waals surface area (Å²) in [6.07, 6.45) is 3.16. The second-order valence-electron chi connectivity index (χ2n) is 4.25. The molecule has 5 heteroatoms. The average molecular weight is 271 g/mol. The zero-order valence-corrected chi connectivity index (χ0v) is 10.9. The number of esters is 1. The smallest absolute Gasteiger partial charge is 0.343 e. The fraction of sp³-hybridized carbons (Fsp3) is 0.133. The molecule has 2 aromatic rings. The van der Waals surface area contributed by atoms with Crippen LogP contribution in [0.5, 0.6) is 5.75 Å². The van der Waals surface area contributed by atoms with Gasteiger partial charge in [0, 0.05) is 11.8 Å². The summed E-state index contributed by atoms with van der Waals surface area (Å²) in [5.74, 6) is -0.535. The quantitative estimate of drug-likeness (QED) is 0.679. The van der Waals surface area contributed by atoms with Crippen LogP contribution >= 0.6 is 0 Å². The summed E-state index contributed by atoms with van der Waals surface area (Å²) in [5, 5.41) is 9.12. The molecule has 0 spiro atoms. The molecule has 0 saturated carbocycles. The molecule has 0 aliphatic rings. The van der Waals surface area contributed by atoms with Crippen LogP contribution in [0.15, 0.2) is 36.7 Å². The van der Waals surface area contributed by atoms with Gasteiger partial charge in [-0.25, -0.2) is 4.79 Å². The number of pyridine rings is 1. The largest absolute Gasteiger partial charge is 0.420 e. The summed E-state index contributed by atoms with van der Waals surface area (Å²) in [6, 6.07) is 6.92. The summed E-state index contributed by atoms with van der Waals surface area (Å²) in [4.78, 5) is 26.9. The van der Waals surface area contributed by atoms with Gasteiger partial charge in [0.15, 0.2) is 12.0 Å². The zero-order valence-electron chi connectivity index (χ0n) is 10.9. The van der Waals surface area contributed by atoms with Gasteiger partial charge in [-0.3, -0.25) is 9.78 Å². The van der Waals surface area contributed by atoms with E-state index in [4.69, 9.17) is 9.84 Å². The molecule has 102 valence electrons. The molecule has 0 bridgehead atoms. The van der Waals surface area contributed by atoms with Crippen LogP contribution in [0.25, 0.3) is 0 Å². The maximum atomic E-state index is 12.0. The number of nitrogens with zero attached hydrogens (tertiary/aromatic N) is 1. The zero-order chi connectivity index (χ0) is 14.5. The Balaban J connectivity index is 2.30. The van der Waals surface area contributed by atoms with Crippen LogP contribution < -0.4 is 4.74 Å². The second-order valence-corrected chi connectivity index (χ2v) is 4.25. The molecule has 20 heavy (non-hydrogen) atoms. The van der Waals surface area contributed by atoms with E-state index in [0.29, 0.717) is 17.4 Å². The van der Waals surface area contributed by atoms with E-state index in [9.17, 15) is 9.59 Å². The number of carbonyl (C=O) groups is 2. The number of aliphatic hydroxyl groups excluding tert-OH is 1. The molecule has 1 aromatic heterocycles. The lowest BCUT2D eigenvalue weighted by Crippen LogP contribution is -2.11. The number of benzene rings is 1. The molecule has 0 unspecified atom stereocenters. The maximum absolute atomic E-state index is 12.0. The van der Waals surface area contributed by atoms with Crippen LogP contribution in [0.1, 0.15) is 31.8 Å². The summed E-state index contributed by atoms with van der Waals surface area (Å²) in [6.45, 7) is 1.51. The standard InChI is InChI=1S/C15H13NO4/c1-10-3-2-4-11(5-10)15(19)20-14-7-16-6-12(8-17)13(14)9-18/h2-7,9,17H,8H2,1H3. The fourth-order valence-electron chi connectivity index (χ4n) is 1.76. The van der Waals surface area contributed by atoms with Crippen molar-refractivity contribution >= 4 is 12.3 Å². The van der Waals surface area contributed by atoms with Gasteiger partial charge < -0.3 is 9.84 Å². The number of aldehydes is 1. The van der Waals surface area contributed by atoms with Crippen molar-refractivity contribution in [2.75, 3.05) is 0 Å². The minimum atomic E-state index is -0.575. The summed E-state index contributed by atoms with van der Waals surface area (Å²) >= 11 is 0. The molecule has 0 radical (unpaired) electrons. The van der Waals surface area contributed by atoms with Crippen LogP contribution in [-0.2, 0) is 6.61 Å². The predicted octanol–water partition coefficient (Wildman–Crippen LogP) is 1.91. The Hall–Kier alpha value is -2.53. The van der Waals surface area contributed by atoms with Gasteiger partial charge in [-0.15, -0.1) is 0 Å². The Kier molecular flexibility index (Phi) is 4.22. The van der Waals surface area contributed by atoms with Crippen molar-refractivity contribution < 1.29 is 19.4 Å². The first-order chi connectivity index (χ1) is 9.65. The molecule has 1 N–H and O–H groups in total. The average Bonchev–Trinajstić information content (AvgIpc) is 2.46. The molecule has 1 aromatic carbocycles. The third-order valence-electron chi connectivity index (χ3n) is 2.78. The van der Waals surface area contributed by atoms with Crippen molar-refractivity contribution in [2.24, 2.45) is 0 Å². The normalized spacial score (nSPS) is 10.1. The van der Waals surface area contributed by atoms with Crippen LogP contribution in [0.2, 0.25) is 0 Å². The van der Waals surface area contributed by atoms with Gasteiger partial charge in [0.1, 0.15) is 0 Å². The summed E-state index contributed by atoms with van der Waals surface area (Å²) in [7, 11) is 0. The summed E-state index contributed by atoms with van der Waals surface area (Å²) < 4.78 is 5.18. The predicted molar refractivity (Wildman–Crippen MR) is 71.7 cm³/mol. The van der Waals surface area contributed by atoms with Gasteiger partial charge in [0.25, 0.3) is 0 Å². The van der Waals surface area contributed by atoms with Crippen molar-refractivity contribution in [3.8, 4) is 5.75 Å². The van der Waals surface area contributed by atoms with Crippen molar-refractivity contribution in [3.05, 3.63) is 58.9 Å². The van der Waals surface area contributed by atoms with E-state index in [1.54, 1.807) is 18.2 Å². The molecule has 0 saturated heterocycles. The third kappa shape index (κ3) is 2.89. The van der Waals surface area contributed by atoms with E-state index in [-0.39, 0.29) is 17.9 Å². The highest BCUT2D eigenvalue weighted by Gasteiger charge is 2.14. The molecule has 5 nitrogen and oxygen atoms in total. The topological polar surface area (TPSA) is 76.5 Å². The third-order valence-corrected chi connectivity index (χ3v) is 2.78. The fourth-order valence-corrected chi connectivity index (χ4v) is 1.76. The van der Waals surface area contributed by atoms with Gasteiger partial charge in [-0.2, -0.15) is 0 Å². The Labute approximate surface area is 115 Å². The number of carbonyl (C=O) groups excluding carboxylic acids is 2. The van der Waals surface area contributed by atoms with E-state index in [2.05, 4.69) is 4.98 Å². The van der Waals surface area contributed by atoms with Crippen molar-refractivity contribution in [1.29, 1.82) is 0 Å². The molecule has 0 atom stereocenters. The lowest BCUT2D eigenvalue weighted by atomic mass is 10.1. The van der Waals surface area contributed by atoms with Gasteiger partial charge in [-0.05, 0) is 19.1 Å². The van der Waals surface area contributed by atoms with E-state index >= 15 is 0 Å². The number of aliphatic hydroxyl groups is 1. The SMILES string of the molecule is Cc1cccc(C(=O)Oc2cncc(CO)c2C=O)c1. The minimum absolute atomic E-state index is 0.0399. The number of aromatic nitrogens is 1. The van der Waals surface area contributed by atoms with Gasteiger partial charge in [0.05, 0.1) is 23.9 Å². The Morgan fingerprint density at radius 1 is 1.40 bits per heavy atom. The molecular formula is C15H13NO4. The Morgan fingerprint density at radius 3 is 2.85 bits per heavy atom. The maximum Gasteiger partial charge on any atom is 0.343 e. The van der Waals surface area contributed by atoms with Crippen molar-refractivity contribution in [1.82, 2.24) is 4.98 Å². The highest BCUT2D eigenvalue weighted by atomic mass is 16.5. The van der Waals surface area contributed by atoms with Gasteiger partial charge >= 0.3 is 5.97 Å². The number of hydrogen-bond acceptors (Lipinski definition) is 5. The van der Waals surface area contributed by atoms with E-state index in [0.717, 1.165) is 5.56 Å². The molecule has 0 aliphatic carbocycles. The number of aryl methyl sites for hydroxylation is 1. The first-order valence-electron chi connectivity index (χ1n) is 5.97. The second kappa shape index (κ2) is 6.08. The van der Waals surface area contributed by atoms with E-state index < -0.39 is 5.97 Å². The van der Waals surface area contributed by atoms with E-state index in [1.807, 2.05) is 13.0 Å². The van der Waals surface area contributed by atoms with Crippen molar-refractivity contribution in [3.63, 3.8) is 0 Å². The van der Waals surface area contributed by atoms with Crippen LogP contribution in [-0.4, -0.2) is 22.3 Å². The first kappa shape index (κ1) is 13.9. The highest BCUT2D eigenvalue weighted by Crippen LogP contribution is 2.20. The monoisotopic (exact) mass is 271 g/mol. The van der Waals surface area contributed by atoms with Gasteiger partial charge in [-0.1, -0.05) is 17.7 Å². The first-order valence-corrected chi connectivity index (χ1v) is 5.97. The number of hydrogen-bond donors (Lipinski definition) is 1. The summed E-state index contributed by atoms with van der Waals surface area (Å²) in [5.41, 5.74) is 1.76. The Bertz CT molecular complexity index is 652. The Morgan fingerprint density at radius 2 is 2.20 bits per heavy atom. The minimum Gasteiger partial charge on any atom is -0.420 e. The molecular weight excluding hydrogens is 258 g/mol. The highest BCUT2D eigenvalue weighted by molar-refractivity contribution is 5.93. The lowest BCUT2D eigenvalue weighted by molar-refractivity contribution is 0.0732. The molecule has 0 aliphatic heterocycles. The van der Waals surface area contributed by atoms with E-state index in [1.165, 1.54) is 12.4 Å². The molecule has 2 rings (SSSR count). The number of ether oxygens (including phenoxy) is 1. The van der Waals surface area contributed by atoms with Gasteiger partial charge in [0.2, 0.25) is 0 Å². The number of rotatable bonds is 4. The van der Waals surface area contributed by atoms with Crippen LogP contribution in [0.3, 0.4) is 0 Å². The van der Waals surface area contributed by atoms with Crippen LogP contribution in [0.4, 0.5) is 0 Å². The molecule has 0 amide bonds. The molecule has 1 heterocycles. The lowest BCUT2D eigenvalue weighted by Gasteiger charge is -2.09.